The van der Waals surface area contributed by atoms with Crippen LogP contribution < -0.4 is 5.32 Å². The van der Waals surface area contributed by atoms with Crippen molar-refractivity contribution < 1.29 is 0 Å². The molecule has 98 valence electrons. The second kappa shape index (κ2) is 5.88. The van der Waals surface area contributed by atoms with Crippen LogP contribution in [0.3, 0.4) is 0 Å². The molecule has 1 N–H and O–H groups in total. The monoisotopic (exact) mass is 245 g/mol. The Hall–Kier alpha value is -1.53. The first-order valence-corrected chi connectivity index (χ1v) is 6.23. The highest BCUT2D eigenvalue weighted by atomic mass is 15.1. The number of hydrogen-bond acceptors (Lipinski definition) is 3. The minimum atomic E-state index is 0.168. The maximum Gasteiger partial charge on any atom is 0.101 e. The molecule has 0 aliphatic rings. The Morgan fingerprint density at radius 1 is 1.33 bits per heavy atom. The quantitative estimate of drug-likeness (QED) is 0.867. The zero-order valence-electron chi connectivity index (χ0n) is 12.0. The molecule has 18 heavy (non-hydrogen) atoms. The molecule has 0 aliphatic carbocycles. The predicted molar refractivity (Wildman–Crippen MR) is 76.7 cm³/mol. The Morgan fingerprint density at radius 2 is 2.00 bits per heavy atom. The van der Waals surface area contributed by atoms with E-state index in [2.05, 4.69) is 44.2 Å². The van der Waals surface area contributed by atoms with Crippen LogP contribution >= 0.6 is 0 Å². The molecular formula is C15H23N3. The molecule has 0 saturated carbocycles. The van der Waals surface area contributed by atoms with E-state index < -0.39 is 0 Å². The summed E-state index contributed by atoms with van der Waals surface area (Å²) in [6.07, 6.45) is 0. The maximum absolute atomic E-state index is 9.12. The lowest BCUT2D eigenvalue weighted by atomic mass is 9.92. The van der Waals surface area contributed by atoms with Gasteiger partial charge in [0.05, 0.1) is 11.3 Å². The van der Waals surface area contributed by atoms with Crippen molar-refractivity contribution >= 4 is 5.69 Å². The third-order valence-corrected chi connectivity index (χ3v) is 2.80. The summed E-state index contributed by atoms with van der Waals surface area (Å²) >= 11 is 0. The van der Waals surface area contributed by atoms with Gasteiger partial charge >= 0.3 is 0 Å². The lowest BCUT2D eigenvalue weighted by Crippen LogP contribution is -2.34. The van der Waals surface area contributed by atoms with E-state index >= 15 is 0 Å². The summed E-state index contributed by atoms with van der Waals surface area (Å²) in [5.41, 5.74) is 2.93. The highest BCUT2D eigenvalue weighted by molar-refractivity contribution is 5.58. The summed E-state index contributed by atoms with van der Waals surface area (Å²) in [6, 6.07) is 8.17. The van der Waals surface area contributed by atoms with E-state index in [4.69, 9.17) is 5.26 Å². The topological polar surface area (TPSA) is 39.1 Å². The molecule has 3 heteroatoms. The third kappa shape index (κ3) is 4.38. The maximum atomic E-state index is 9.12. The molecule has 0 atom stereocenters. The van der Waals surface area contributed by atoms with Crippen molar-refractivity contribution in [3.8, 4) is 6.07 Å². The lowest BCUT2D eigenvalue weighted by molar-refractivity contribution is 0.254. The van der Waals surface area contributed by atoms with Crippen LogP contribution in [-0.2, 0) is 0 Å². The van der Waals surface area contributed by atoms with Gasteiger partial charge in [-0.15, -0.1) is 0 Å². The molecular weight excluding hydrogens is 222 g/mol. The molecule has 0 fully saturated rings. The second-order valence-corrected chi connectivity index (χ2v) is 5.92. The van der Waals surface area contributed by atoms with Gasteiger partial charge in [0.2, 0.25) is 0 Å². The van der Waals surface area contributed by atoms with E-state index in [0.29, 0.717) is 0 Å². The van der Waals surface area contributed by atoms with Crippen LogP contribution in [0.1, 0.15) is 25.0 Å². The average molecular weight is 245 g/mol. The van der Waals surface area contributed by atoms with Gasteiger partial charge in [-0.05, 0) is 44.1 Å². The van der Waals surface area contributed by atoms with Gasteiger partial charge in [-0.25, -0.2) is 0 Å². The molecule has 0 amide bonds. The first kappa shape index (κ1) is 14.5. The fourth-order valence-corrected chi connectivity index (χ4v) is 2.15. The number of rotatable bonds is 5. The summed E-state index contributed by atoms with van der Waals surface area (Å²) in [5.74, 6) is 0. The molecule has 1 aromatic carbocycles. The summed E-state index contributed by atoms with van der Waals surface area (Å²) in [5, 5.41) is 12.5. The van der Waals surface area contributed by atoms with E-state index in [1.807, 2.05) is 25.1 Å². The number of nitrogens with one attached hydrogen (secondary N) is 1. The highest BCUT2D eigenvalue weighted by Gasteiger charge is 2.19. The fraction of sp³-hybridized carbons (Fsp3) is 0.533. The van der Waals surface area contributed by atoms with Crippen LogP contribution in [0.5, 0.6) is 0 Å². The van der Waals surface area contributed by atoms with Crippen LogP contribution in [-0.4, -0.2) is 32.1 Å². The number of benzene rings is 1. The first-order valence-electron chi connectivity index (χ1n) is 6.23. The smallest absolute Gasteiger partial charge is 0.101 e. The molecule has 0 aromatic heterocycles. The van der Waals surface area contributed by atoms with Crippen molar-refractivity contribution in [2.45, 2.75) is 20.8 Å². The molecule has 3 nitrogen and oxygen atoms in total. The molecule has 0 unspecified atom stereocenters. The Kier molecular flexibility index (Phi) is 4.75. The van der Waals surface area contributed by atoms with Crippen LogP contribution in [0, 0.1) is 23.7 Å². The minimum absolute atomic E-state index is 0.168. The van der Waals surface area contributed by atoms with Gasteiger partial charge < -0.3 is 10.2 Å². The third-order valence-electron chi connectivity index (χ3n) is 2.80. The molecule has 0 radical (unpaired) electrons. The number of nitrogens with zero attached hydrogens (tertiary/aromatic N) is 2. The molecule has 0 saturated heterocycles. The summed E-state index contributed by atoms with van der Waals surface area (Å²) in [6.45, 7) is 8.30. The fourth-order valence-electron chi connectivity index (χ4n) is 2.15. The van der Waals surface area contributed by atoms with Crippen molar-refractivity contribution in [2.75, 3.05) is 32.5 Å². The molecule has 0 spiro atoms. The van der Waals surface area contributed by atoms with Crippen LogP contribution in [0.25, 0.3) is 0 Å². The van der Waals surface area contributed by atoms with Crippen molar-refractivity contribution in [1.29, 1.82) is 5.26 Å². The molecule has 1 rings (SSSR count). The van der Waals surface area contributed by atoms with Gasteiger partial charge in [0.15, 0.2) is 0 Å². The zero-order valence-corrected chi connectivity index (χ0v) is 12.0. The molecule has 1 aromatic rings. The van der Waals surface area contributed by atoms with Crippen molar-refractivity contribution in [1.82, 2.24) is 4.90 Å². The standard InChI is InChI=1S/C15H23N3/c1-12-6-7-14(13(8-12)9-16)17-10-15(2,3)11-18(4)5/h6-8,17H,10-11H2,1-5H3. The Morgan fingerprint density at radius 3 is 2.56 bits per heavy atom. The Balaban J connectivity index is 2.72. The van der Waals surface area contributed by atoms with E-state index in [0.717, 1.165) is 29.9 Å². The molecule has 0 aliphatic heterocycles. The van der Waals surface area contributed by atoms with Crippen LogP contribution in [0.2, 0.25) is 0 Å². The number of aryl methyl sites for hydroxylation is 1. The zero-order chi connectivity index (χ0) is 13.8. The summed E-state index contributed by atoms with van der Waals surface area (Å²) in [7, 11) is 4.16. The van der Waals surface area contributed by atoms with Crippen LogP contribution in [0.15, 0.2) is 18.2 Å². The average Bonchev–Trinajstić information content (AvgIpc) is 2.25. The van der Waals surface area contributed by atoms with Gasteiger partial charge in [0, 0.05) is 13.1 Å². The number of hydrogen-bond donors (Lipinski definition) is 1. The van der Waals surface area contributed by atoms with Gasteiger partial charge in [-0.3, -0.25) is 0 Å². The second-order valence-electron chi connectivity index (χ2n) is 5.92. The molecule has 0 bridgehead atoms. The lowest BCUT2D eigenvalue weighted by Gasteiger charge is -2.29. The summed E-state index contributed by atoms with van der Waals surface area (Å²) < 4.78 is 0. The van der Waals surface area contributed by atoms with E-state index in [9.17, 15) is 0 Å². The van der Waals surface area contributed by atoms with Crippen LogP contribution in [0.4, 0.5) is 5.69 Å². The summed E-state index contributed by atoms with van der Waals surface area (Å²) in [4.78, 5) is 2.18. The number of nitriles is 1. The van der Waals surface area contributed by atoms with Gasteiger partial charge in [0.1, 0.15) is 6.07 Å². The van der Waals surface area contributed by atoms with Crippen molar-refractivity contribution in [3.63, 3.8) is 0 Å². The number of anilines is 1. The van der Waals surface area contributed by atoms with Crippen molar-refractivity contribution in [3.05, 3.63) is 29.3 Å². The van der Waals surface area contributed by atoms with Crippen molar-refractivity contribution in [2.24, 2.45) is 5.41 Å². The largest absolute Gasteiger partial charge is 0.383 e. The minimum Gasteiger partial charge on any atom is -0.383 e. The normalized spacial score (nSPS) is 11.4. The van der Waals surface area contributed by atoms with Gasteiger partial charge in [-0.2, -0.15) is 5.26 Å². The highest BCUT2D eigenvalue weighted by Crippen LogP contribution is 2.21. The predicted octanol–water partition coefficient (Wildman–Crippen LogP) is 2.87. The Labute approximate surface area is 110 Å². The van der Waals surface area contributed by atoms with E-state index in [1.54, 1.807) is 0 Å². The SMILES string of the molecule is Cc1ccc(NCC(C)(C)CN(C)C)c(C#N)c1. The van der Waals surface area contributed by atoms with E-state index in [-0.39, 0.29) is 5.41 Å². The first-order chi connectivity index (χ1) is 8.34. The van der Waals surface area contributed by atoms with Gasteiger partial charge in [0.25, 0.3) is 0 Å². The van der Waals surface area contributed by atoms with E-state index in [1.165, 1.54) is 0 Å². The van der Waals surface area contributed by atoms with Gasteiger partial charge in [-0.1, -0.05) is 19.9 Å². The Bertz CT molecular complexity index is 442. The molecule has 0 heterocycles.